The van der Waals surface area contributed by atoms with E-state index >= 15 is 0 Å². The van der Waals surface area contributed by atoms with Gasteiger partial charge < -0.3 is 15.1 Å². The lowest BCUT2D eigenvalue weighted by Gasteiger charge is -2.21. The Morgan fingerprint density at radius 1 is 1.55 bits per heavy atom. The quantitative estimate of drug-likeness (QED) is 0.323. The van der Waals surface area contributed by atoms with Crippen molar-refractivity contribution in [2.75, 3.05) is 6.61 Å². The number of carbonyl (C=O) groups is 2. The van der Waals surface area contributed by atoms with Crippen molar-refractivity contribution in [3.05, 3.63) is 24.0 Å². The number of ketones is 1. The number of allylic oxidation sites excluding steroid dienone is 2. The van der Waals surface area contributed by atoms with Gasteiger partial charge in [0, 0.05) is 12.8 Å². The molecule has 0 fully saturated rings. The fraction of sp³-hybridized carbons (Fsp3) is 0.500. The van der Waals surface area contributed by atoms with E-state index in [1.165, 1.54) is 6.08 Å². The number of aliphatic hydroxyl groups excluding tert-OH is 1. The van der Waals surface area contributed by atoms with Gasteiger partial charge in [-0.25, -0.2) is 0 Å². The predicted octanol–water partition coefficient (Wildman–Crippen LogP) is 2.22. The van der Waals surface area contributed by atoms with E-state index in [2.05, 4.69) is 11.7 Å². The first kappa shape index (κ1) is 15.9. The molecule has 20 heavy (non-hydrogen) atoms. The molecule has 0 aromatic carbocycles. The molecule has 0 aliphatic heterocycles. The van der Waals surface area contributed by atoms with E-state index in [0.29, 0.717) is 12.1 Å². The average Bonchev–Trinajstić information content (AvgIpc) is 2.38. The summed E-state index contributed by atoms with van der Waals surface area (Å²) in [7, 11) is 0. The second-order valence-corrected chi connectivity index (χ2v) is 4.56. The molecule has 2 N–H and O–H groups in total. The van der Waals surface area contributed by atoms with Gasteiger partial charge >= 0.3 is 5.97 Å². The van der Waals surface area contributed by atoms with Gasteiger partial charge in [-0.15, -0.1) is 0 Å². The molecule has 6 heteroatoms. The van der Waals surface area contributed by atoms with E-state index in [1.807, 2.05) is 6.92 Å². The van der Waals surface area contributed by atoms with Crippen LogP contribution in [0.3, 0.4) is 0 Å². The van der Waals surface area contributed by atoms with Crippen molar-refractivity contribution >= 4 is 17.5 Å². The Hall–Kier alpha value is -2.11. The van der Waals surface area contributed by atoms with Crippen molar-refractivity contribution in [2.24, 2.45) is 11.1 Å². The Balaban J connectivity index is 3.02. The van der Waals surface area contributed by atoms with Crippen molar-refractivity contribution in [2.45, 2.75) is 32.6 Å². The summed E-state index contributed by atoms with van der Waals surface area (Å²) in [6.07, 6.45) is 2.53. The molecule has 0 spiro atoms. The number of hydrogen-bond acceptors (Lipinski definition) is 5. The predicted molar refractivity (Wildman–Crippen MR) is 73.5 cm³/mol. The van der Waals surface area contributed by atoms with Crippen LogP contribution in [-0.4, -0.2) is 34.3 Å². The van der Waals surface area contributed by atoms with Gasteiger partial charge in [-0.3, -0.25) is 9.59 Å². The minimum absolute atomic E-state index is 0.0550. The molecule has 0 aromatic rings. The number of rotatable bonds is 7. The van der Waals surface area contributed by atoms with E-state index in [4.69, 9.17) is 9.94 Å². The fourth-order valence-corrected chi connectivity index (χ4v) is 2.02. The summed E-state index contributed by atoms with van der Waals surface area (Å²) in [5.74, 6) is -2.58. The summed E-state index contributed by atoms with van der Waals surface area (Å²) in [4.78, 5) is 27.9. The number of nitrogens with zero attached hydrogens (tertiary/aromatic N) is 1. The molecule has 110 valence electrons. The molecule has 0 heterocycles. The van der Waals surface area contributed by atoms with Crippen molar-refractivity contribution < 1.29 is 24.6 Å². The zero-order chi connectivity index (χ0) is 15.1. The van der Waals surface area contributed by atoms with Crippen LogP contribution in [0.15, 0.2) is 29.1 Å². The van der Waals surface area contributed by atoms with Crippen molar-refractivity contribution in [1.82, 2.24) is 0 Å². The minimum Gasteiger partial charge on any atom is -0.511 e. The van der Waals surface area contributed by atoms with Crippen LogP contribution >= 0.6 is 0 Å². The highest BCUT2D eigenvalue weighted by atomic mass is 16.6. The molecule has 0 saturated heterocycles. The normalized spacial score (nSPS) is 19.9. The van der Waals surface area contributed by atoms with Crippen LogP contribution in [0, 0.1) is 5.92 Å². The van der Waals surface area contributed by atoms with Crippen LogP contribution in [0.1, 0.15) is 32.6 Å². The second kappa shape index (κ2) is 7.47. The van der Waals surface area contributed by atoms with E-state index in [0.717, 1.165) is 6.42 Å². The van der Waals surface area contributed by atoms with Crippen LogP contribution < -0.4 is 0 Å². The Morgan fingerprint density at radius 3 is 2.75 bits per heavy atom. The molecular weight excluding hydrogens is 262 g/mol. The number of carbonyl (C=O) groups excluding carboxylic acids is 1. The van der Waals surface area contributed by atoms with Gasteiger partial charge in [0.1, 0.15) is 12.4 Å². The summed E-state index contributed by atoms with van der Waals surface area (Å²) in [5, 5.41) is 22.7. The van der Waals surface area contributed by atoms with E-state index in [1.54, 1.807) is 0 Å². The first-order valence-corrected chi connectivity index (χ1v) is 6.49. The largest absolute Gasteiger partial charge is 0.511 e. The maximum atomic E-state index is 12.0. The highest BCUT2D eigenvalue weighted by molar-refractivity contribution is 6.23. The van der Waals surface area contributed by atoms with Crippen LogP contribution in [-0.2, 0) is 14.4 Å². The first-order valence-electron chi connectivity index (χ1n) is 6.49. The molecule has 1 aliphatic carbocycles. The highest BCUT2D eigenvalue weighted by Crippen LogP contribution is 2.27. The molecule has 1 atom stereocenters. The van der Waals surface area contributed by atoms with Gasteiger partial charge in [0.2, 0.25) is 0 Å². The number of carboxylic acid groups (broad SMARTS) is 1. The molecule has 0 radical (unpaired) electrons. The van der Waals surface area contributed by atoms with E-state index < -0.39 is 17.7 Å². The monoisotopic (exact) mass is 281 g/mol. The molecule has 6 nitrogen and oxygen atoms in total. The maximum absolute atomic E-state index is 12.0. The molecule has 0 amide bonds. The minimum atomic E-state index is -1.08. The lowest BCUT2D eigenvalue weighted by atomic mass is 9.84. The summed E-state index contributed by atoms with van der Waals surface area (Å²) >= 11 is 0. The molecular formula is C14H19NO5. The molecule has 0 aromatic heterocycles. The lowest BCUT2D eigenvalue weighted by molar-refractivity contribution is -0.144. The van der Waals surface area contributed by atoms with Gasteiger partial charge in [-0.2, -0.15) is 0 Å². The standard InChI is InChI=1S/C14H19NO5/c1-3-5-10(15-20-6-4-2)13-11(16)7-9(14(18)19)8-12(13)17/h4,9,16H,2-3,5-8H2,1H3,(H,18,19). The fourth-order valence-electron chi connectivity index (χ4n) is 2.02. The van der Waals surface area contributed by atoms with Crippen LogP contribution in [0.25, 0.3) is 0 Å². The number of carboxylic acids is 1. The number of Topliss-reactive ketones (excluding diaryl/α,β-unsaturated/α-hetero) is 1. The first-order chi connectivity index (χ1) is 9.51. The second-order valence-electron chi connectivity index (χ2n) is 4.56. The zero-order valence-corrected chi connectivity index (χ0v) is 11.5. The van der Waals surface area contributed by atoms with Gasteiger partial charge in [-0.05, 0) is 6.42 Å². The average molecular weight is 281 g/mol. The van der Waals surface area contributed by atoms with E-state index in [-0.39, 0.29) is 30.8 Å². The van der Waals surface area contributed by atoms with Crippen LogP contribution in [0.4, 0.5) is 0 Å². The molecule has 1 unspecified atom stereocenters. The third-order valence-electron chi connectivity index (χ3n) is 2.93. The summed E-state index contributed by atoms with van der Waals surface area (Å²) < 4.78 is 0. The number of aliphatic carboxylic acids is 1. The Morgan fingerprint density at radius 2 is 2.25 bits per heavy atom. The summed E-state index contributed by atoms with van der Waals surface area (Å²) in [5.41, 5.74) is 0.467. The van der Waals surface area contributed by atoms with E-state index in [9.17, 15) is 14.7 Å². The Kier molecular flexibility index (Phi) is 5.96. The van der Waals surface area contributed by atoms with Gasteiger partial charge in [0.15, 0.2) is 5.78 Å². The SMILES string of the molecule is C=CCON=C(CCC)C1=C(O)CC(C(=O)O)CC1=O. The molecule has 0 bridgehead atoms. The smallest absolute Gasteiger partial charge is 0.307 e. The van der Waals surface area contributed by atoms with Gasteiger partial charge in [-0.1, -0.05) is 31.2 Å². The van der Waals surface area contributed by atoms with Crippen molar-refractivity contribution in [3.63, 3.8) is 0 Å². The third kappa shape index (κ3) is 3.94. The zero-order valence-electron chi connectivity index (χ0n) is 11.5. The van der Waals surface area contributed by atoms with Crippen molar-refractivity contribution in [3.8, 4) is 0 Å². The highest BCUT2D eigenvalue weighted by Gasteiger charge is 2.34. The molecule has 1 aliphatic rings. The summed E-state index contributed by atoms with van der Waals surface area (Å²) in [6, 6.07) is 0. The number of aliphatic hydroxyl groups is 1. The Bertz CT molecular complexity index is 464. The topological polar surface area (TPSA) is 96.2 Å². The third-order valence-corrected chi connectivity index (χ3v) is 2.93. The van der Waals surface area contributed by atoms with Gasteiger partial charge in [0.05, 0.1) is 17.2 Å². The Labute approximate surface area is 117 Å². The number of hydrogen-bond donors (Lipinski definition) is 2. The van der Waals surface area contributed by atoms with Crippen LogP contribution in [0.5, 0.6) is 0 Å². The van der Waals surface area contributed by atoms with Gasteiger partial charge in [0.25, 0.3) is 0 Å². The number of oxime groups is 1. The van der Waals surface area contributed by atoms with Crippen LogP contribution in [0.2, 0.25) is 0 Å². The molecule has 1 rings (SSSR count). The molecule has 0 saturated carbocycles. The maximum Gasteiger partial charge on any atom is 0.307 e. The lowest BCUT2D eigenvalue weighted by Crippen LogP contribution is -2.28. The van der Waals surface area contributed by atoms with Crippen molar-refractivity contribution in [1.29, 1.82) is 0 Å². The summed E-state index contributed by atoms with van der Waals surface area (Å²) in [6.45, 7) is 5.60.